The zero-order valence-electron chi connectivity index (χ0n) is 6.86. The monoisotopic (exact) mass is 179 g/mol. The van der Waals surface area contributed by atoms with Crippen LogP contribution in [0.1, 0.15) is 10.4 Å². The van der Waals surface area contributed by atoms with Crippen LogP contribution in [0.2, 0.25) is 0 Å². The Morgan fingerprint density at radius 1 is 1.54 bits per heavy atom. The van der Waals surface area contributed by atoms with Crippen molar-refractivity contribution in [3.05, 3.63) is 30.1 Å². The first-order valence-electron chi connectivity index (χ1n) is 3.68. The highest BCUT2D eigenvalue weighted by Gasteiger charge is 2.07. The fraction of sp³-hybridized carbons (Fsp3) is 0.125. The number of nitrogens with two attached hydrogens (primary N) is 1. The smallest absolute Gasteiger partial charge is 0.259 e. The van der Waals surface area contributed by atoms with Crippen LogP contribution in [-0.2, 0) is 4.79 Å². The first-order valence-corrected chi connectivity index (χ1v) is 3.68. The van der Waals surface area contributed by atoms with Crippen LogP contribution in [-0.4, -0.2) is 23.3 Å². The molecule has 0 saturated heterocycles. The molecule has 1 aromatic rings. The van der Waals surface area contributed by atoms with Crippen LogP contribution in [0.4, 0.5) is 0 Å². The Balaban J connectivity index is 2.65. The molecule has 0 atom stereocenters. The molecule has 0 aliphatic heterocycles. The fourth-order valence-electron chi connectivity index (χ4n) is 0.747. The molecule has 0 fully saturated rings. The van der Waals surface area contributed by atoms with Crippen LogP contribution in [0, 0.1) is 0 Å². The normalized spacial score (nSPS) is 9.31. The summed E-state index contributed by atoms with van der Waals surface area (Å²) in [5.74, 6) is -0.989. The Hall–Kier alpha value is -1.75. The number of hydrogen-bond acceptors (Lipinski definition) is 4. The van der Waals surface area contributed by atoms with E-state index in [0.29, 0.717) is 5.56 Å². The van der Waals surface area contributed by atoms with E-state index >= 15 is 0 Å². The lowest BCUT2D eigenvalue weighted by Gasteiger charge is -2.00. The molecular formula is C8H9N3O2. The average molecular weight is 179 g/mol. The van der Waals surface area contributed by atoms with Gasteiger partial charge in [-0.15, -0.1) is 0 Å². The summed E-state index contributed by atoms with van der Waals surface area (Å²) < 4.78 is 0. The molecule has 0 bridgehead atoms. The fourth-order valence-corrected chi connectivity index (χ4v) is 0.747. The van der Waals surface area contributed by atoms with Crippen molar-refractivity contribution in [3.63, 3.8) is 0 Å². The summed E-state index contributed by atoms with van der Waals surface area (Å²) >= 11 is 0. The summed E-state index contributed by atoms with van der Waals surface area (Å²) in [7, 11) is 0. The number of amides is 2. The number of pyridine rings is 1. The van der Waals surface area contributed by atoms with E-state index in [2.05, 4.69) is 10.3 Å². The Labute approximate surface area is 75.0 Å². The van der Waals surface area contributed by atoms with E-state index in [4.69, 9.17) is 5.73 Å². The molecular weight excluding hydrogens is 170 g/mol. The highest BCUT2D eigenvalue weighted by atomic mass is 16.2. The van der Waals surface area contributed by atoms with Gasteiger partial charge in [-0.05, 0) is 12.1 Å². The predicted octanol–water partition coefficient (Wildman–Crippen LogP) is -0.703. The molecule has 13 heavy (non-hydrogen) atoms. The van der Waals surface area contributed by atoms with E-state index < -0.39 is 11.8 Å². The van der Waals surface area contributed by atoms with Gasteiger partial charge in [0.1, 0.15) is 0 Å². The Bertz CT molecular complexity index is 310. The minimum Gasteiger partial charge on any atom is -0.322 e. The first kappa shape index (κ1) is 9.34. The summed E-state index contributed by atoms with van der Waals surface area (Å²) in [6.07, 6.45) is 2.92. The SMILES string of the molecule is NCC(=O)NC(=O)c1cccnc1. The quantitative estimate of drug-likeness (QED) is 0.628. The molecule has 1 rings (SSSR count). The number of nitrogens with one attached hydrogen (secondary N) is 1. The second-order valence-corrected chi connectivity index (χ2v) is 2.32. The maximum Gasteiger partial charge on any atom is 0.259 e. The third-order valence-corrected chi connectivity index (χ3v) is 1.36. The van der Waals surface area contributed by atoms with Crippen molar-refractivity contribution in [1.82, 2.24) is 10.3 Å². The van der Waals surface area contributed by atoms with E-state index in [1.807, 2.05) is 0 Å². The summed E-state index contributed by atoms with van der Waals surface area (Å²) in [5.41, 5.74) is 5.36. The lowest BCUT2D eigenvalue weighted by molar-refractivity contribution is -0.118. The van der Waals surface area contributed by atoms with Crippen LogP contribution < -0.4 is 11.1 Å². The van der Waals surface area contributed by atoms with Gasteiger partial charge in [0.2, 0.25) is 5.91 Å². The van der Waals surface area contributed by atoms with Gasteiger partial charge in [-0.2, -0.15) is 0 Å². The second kappa shape index (κ2) is 4.32. The maximum atomic E-state index is 11.2. The van der Waals surface area contributed by atoms with Crippen LogP contribution in [0.25, 0.3) is 0 Å². The number of rotatable bonds is 2. The van der Waals surface area contributed by atoms with Gasteiger partial charge in [-0.1, -0.05) is 0 Å². The minimum atomic E-state index is -0.506. The standard InChI is InChI=1S/C8H9N3O2/c9-4-7(12)11-8(13)6-2-1-3-10-5-6/h1-3,5H,4,9H2,(H,11,12,13). The highest BCUT2D eigenvalue weighted by Crippen LogP contribution is 1.94. The lowest BCUT2D eigenvalue weighted by Crippen LogP contribution is -2.35. The van der Waals surface area contributed by atoms with Gasteiger partial charge in [0.05, 0.1) is 12.1 Å². The van der Waals surface area contributed by atoms with Crippen LogP contribution >= 0.6 is 0 Å². The van der Waals surface area contributed by atoms with E-state index in [9.17, 15) is 9.59 Å². The molecule has 5 nitrogen and oxygen atoms in total. The zero-order chi connectivity index (χ0) is 9.68. The van der Waals surface area contributed by atoms with E-state index in [-0.39, 0.29) is 6.54 Å². The van der Waals surface area contributed by atoms with Gasteiger partial charge in [0, 0.05) is 12.4 Å². The van der Waals surface area contributed by atoms with Crippen molar-refractivity contribution in [2.45, 2.75) is 0 Å². The molecule has 1 aromatic heterocycles. The van der Waals surface area contributed by atoms with Gasteiger partial charge in [-0.3, -0.25) is 19.9 Å². The molecule has 5 heteroatoms. The molecule has 0 aromatic carbocycles. The van der Waals surface area contributed by atoms with Gasteiger partial charge >= 0.3 is 0 Å². The van der Waals surface area contributed by atoms with Gasteiger partial charge in [0.25, 0.3) is 5.91 Å². The lowest BCUT2D eigenvalue weighted by atomic mass is 10.3. The van der Waals surface area contributed by atoms with Crippen LogP contribution in [0.5, 0.6) is 0 Å². The van der Waals surface area contributed by atoms with Crippen molar-refractivity contribution in [2.75, 3.05) is 6.54 Å². The Kier molecular flexibility index (Phi) is 3.10. The van der Waals surface area contributed by atoms with Crippen molar-refractivity contribution >= 4 is 11.8 Å². The molecule has 2 amide bonds. The summed E-state index contributed by atoms with van der Waals surface area (Å²) in [6.45, 7) is -0.202. The molecule has 68 valence electrons. The largest absolute Gasteiger partial charge is 0.322 e. The number of carbonyl (C=O) groups excluding carboxylic acids is 2. The molecule has 0 spiro atoms. The van der Waals surface area contributed by atoms with Crippen molar-refractivity contribution in [2.24, 2.45) is 5.73 Å². The number of imide groups is 1. The van der Waals surface area contributed by atoms with Crippen molar-refractivity contribution < 1.29 is 9.59 Å². The summed E-state index contributed by atoms with van der Waals surface area (Å²) in [4.78, 5) is 25.6. The number of carbonyl (C=O) groups is 2. The second-order valence-electron chi connectivity index (χ2n) is 2.32. The third kappa shape index (κ3) is 2.64. The van der Waals surface area contributed by atoms with Crippen LogP contribution in [0.3, 0.4) is 0 Å². The van der Waals surface area contributed by atoms with E-state index in [1.54, 1.807) is 18.3 Å². The first-order chi connectivity index (χ1) is 6.24. The van der Waals surface area contributed by atoms with Crippen LogP contribution in [0.15, 0.2) is 24.5 Å². The molecule has 0 aliphatic carbocycles. The topological polar surface area (TPSA) is 85.1 Å². The van der Waals surface area contributed by atoms with Gasteiger partial charge in [0.15, 0.2) is 0 Å². The number of hydrogen-bond donors (Lipinski definition) is 2. The van der Waals surface area contributed by atoms with E-state index in [0.717, 1.165) is 0 Å². The molecule has 0 saturated carbocycles. The Morgan fingerprint density at radius 3 is 2.85 bits per heavy atom. The zero-order valence-corrected chi connectivity index (χ0v) is 6.86. The number of nitrogens with zero attached hydrogens (tertiary/aromatic N) is 1. The van der Waals surface area contributed by atoms with Crippen molar-refractivity contribution in [1.29, 1.82) is 0 Å². The summed E-state index contributed by atoms with van der Waals surface area (Å²) in [6, 6.07) is 3.17. The number of aromatic nitrogens is 1. The third-order valence-electron chi connectivity index (χ3n) is 1.36. The molecule has 0 aliphatic rings. The Morgan fingerprint density at radius 2 is 2.31 bits per heavy atom. The van der Waals surface area contributed by atoms with E-state index in [1.165, 1.54) is 6.20 Å². The average Bonchev–Trinajstić information content (AvgIpc) is 2.19. The predicted molar refractivity (Wildman–Crippen MR) is 45.8 cm³/mol. The maximum absolute atomic E-state index is 11.2. The van der Waals surface area contributed by atoms with Gasteiger partial charge in [-0.25, -0.2) is 0 Å². The molecule has 1 heterocycles. The van der Waals surface area contributed by atoms with Gasteiger partial charge < -0.3 is 5.73 Å². The molecule has 0 radical (unpaired) electrons. The highest BCUT2D eigenvalue weighted by molar-refractivity contribution is 6.04. The minimum absolute atomic E-state index is 0.202. The molecule has 0 unspecified atom stereocenters. The molecule has 3 N–H and O–H groups in total. The van der Waals surface area contributed by atoms with Crippen molar-refractivity contribution in [3.8, 4) is 0 Å². The summed E-state index contributed by atoms with van der Waals surface area (Å²) in [5, 5.41) is 2.10.